The molecule has 0 saturated carbocycles. The average Bonchev–Trinajstić information content (AvgIpc) is 2.27. The lowest BCUT2D eigenvalue weighted by Gasteiger charge is -2.05. The molecule has 0 bridgehead atoms. The second-order valence-electron chi connectivity index (χ2n) is 3.44. The summed E-state index contributed by atoms with van der Waals surface area (Å²) in [7, 11) is 0. The molecule has 2 N–H and O–H groups in total. The van der Waals surface area contributed by atoms with Crippen molar-refractivity contribution in [1.82, 2.24) is 4.98 Å². The van der Waals surface area contributed by atoms with Crippen molar-refractivity contribution in [3.8, 4) is 0 Å². The van der Waals surface area contributed by atoms with Gasteiger partial charge in [0, 0.05) is 21.3 Å². The maximum Gasteiger partial charge on any atom is 0.101 e. The number of nitrogens with zero attached hydrogens (tertiary/aromatic N) is 1. The summed E-state index contributed by atoms with van der Waals surface area (Å²) in [6, 6.07) is 9.88. The van der Waals surface area contributed by atoms with Crippen molar-refractivity contribution in [2.24, 2.45) is 0 Å². The van der Waals surface area contributed by atoms with Gasteiger partial charge in [-0.05, 0) is 52.7 Å². The molecule has 0 saturated heterocycles. The van der Waals surface area contributed by atoms with Gasteiger partial charge in [-0.25, -0.2) is 4.98 Å². The van der Waals surface area contributed by atoms with Crippen molar-refractivity contribution in [3.05, 3.63) is 46.6 Å². The number of pyridine rings is 1. The summed E-state index contributed by atoms with van der Waals surface area (Å²) < 4.78 is 0.987. The summed E-state index contributed by atoms with van der Waals surface area (Å²) in [5.74, 6) is 0. The largest absolute Gasteiger partial charge is 0.399 e. The van der Waals surface area contributed by atoms with Gasteiger partial charge in [-0.1, -0.05) is 17.8 Å². The standard InChI is InChI=1S/C12H11BrN2S/c1-8-2-4-10(14)6-11(8)16-12-5-3-9(13)7-15-12/h2-7H,14H2,1H3. The van der Waals surface area contributed by atoms with Crippen LogP contribution in [0, 0.1) is 6.92 Å². The van der Waals surface area contributed by atoms with Gasteiger partial charge < -0.3 is 5.73 Å². The zero-order chi connectivity index (χ0) is 11.5. The predicted molar refractivity (Wildman–Crippen MR) is 71.7 cm³/mol. The summed E-state index contributed by atoms with van der Waals surface area (Å²) in [5, 5.41) is 0.969. The molecule has 2 rings (SSSR count). The molecule has 1 aromatic carbocycles. The molecule has 0 aliphatic carbocycles. The van der Waals surface area contributed by atoms with Crippen LogP contribution < -0.4 is 5.73 Å². The summed E-state index contributed by atoms with van der Waals surface area (Å²) in [6.45, 7) is 2.07. The topological polar surface area (TPSA) is 38.9 Å². The Balaban J connectivity index is 2.26. The van der Waals surface area contributed by atoms with Gasteiger partial charge in [0.15, 0.2) is 0 Å². The van der Waals surface area contributed by atoms with Crippen molar-refractivity contribution >= 4 is 33.4 Å². The highest BCUT2D eigenvalue weighted by Crippen LogP contribution is 2.30. The maximum atomic E-state index is 5.76. The zero-order valence-electron chi connectivity index (χ0n) is 8.77. The van der Waals surface area contributed by atoms with Gasteiger partial charge in [-0.2, -0.15) is 0 Å². The van der Waals surface area contributed by atoms with E-state index in [1.165, 1.54) is 5.56 Å². The van der Waals surface area contributed by atoms with E-state index in [4.69, 9.17) is 5.73 Å². The molecule has 1 aromatic heterocycles. The van der Waals surface area contributed by atoms with Crippen LogP contribution in [0.1, 0.15) is 5.56 Å². The molecule has 0 spiro atoms. The highest BCUT2D eigenvalue weighted by Gasteiger charge is 2.02. The lowest BCUT2D eigenvalue weighted by Crippen LogP contribution is -1.87. The Bertz CT molecular complexity index is 497. The second-order valence-corrected chi connectivity index (χ2v) is 5.42. The first kappa shape index (κ1) is 11.5. The van der Waals surface area contributed by atoms with Gasteiger partial charge in [0.1, 0.15) is 5.03 Å². The number of rotatable bonds is 2. The first-order valence-electron chi connectivity index (χ1n) is 4.81. The Morgan fingerprint density at radius 3 is 2.75 bits per heavy atom. The molecule has 0 radical (unpaired) electrons. The normalized spacial score (nSPS) is 10.4. The Kier molecular flexibility index (Phi) is 3.51. The minimum Gasteiger partial charge on any atom is -0.399 e. The lowest BCUT2D eigenvalue weighted by molar-refractivity contribution is 1.12. The summed E-state index contributed by atoms with van der Waals surface area (Å²) in [6.07, 6.45) is 1.80. The zero-order valence-corrected chi connectivity index (χ0v) is 11.2. The van der Waals surface area contributed by atoms with Gasteiger partial charge in [-0.3, -0.25) is 0 Å². The summed E-state index contributed by atoms with van der Waals surface area (Å²) >= 11 is 4.99. The first-order valence-corrected chi connectivity index (χ1v) is 6.41. The van der Waals surface area contributed by atoms with Crippen LogP contribution in [0.3, 0.4) is 0 Å². The number of nitrogens with two attached hydrogens (primary N) is 1. The van der Waals surface area contributed by atoms with E-state index in [9.17, 15) is 0 Å². The van der Waals surface area contributed by atoms with Crippen molar-refractivity contribution in [2.45, 2.75) is 16.8 Å². The molecule has 2 nitrogen and oxygen atoms in total. The molecule has 16 heavy (non-hydrogen) atoms. The fourth-order valence-corrected chi connectivity index (χ4v) is 2.39. The minimum atomic E-state index is 0.783. The van der Waals surface area contributed by atoms with E-state index >= 15 is 0 Å². The molecule has 0 fully saturated rings. The van der Waals surface area contributed by atoms with Crippen LogP contribution in [0.5, 0.6) is 0 Å². The quantitative estimate of drug-likeness (QED) is 0.854. The Morgan fingerprint density at radius 1 is 1.25 bits per heavy atom. The van der Waals surface area contributed by atoms with Gasteiger partial charge in [0.2, 0.25) is 0 Å². The average molecular weight is 295 g/mol. The van der Waals surface area contributed by atoms with Crippen LogP contribution in [-0.2, 0) is 0 Å². The Hall–Kier alpha value is -1.00. The highest BCUT2D eigenvalue weighted by atomic mass is 79.9. The number of nitrogen functional groups attached to an aromatic ring is 1. The number of hydrogen-bond acceptors (Lipinski definition) is 3. The van der Waals surface area contributed by atoms with Crippen LogP contribution in [-0.4, -0.2) is 4.98 Å². The second kappa shape index (κ2) is 4.89. The van der Waals surface area contributed by atoms with E-state index in [-0.39, 0.29) is 0 Å². The van der Waals surface area contributed by atoms with Gasteiger partial charge >= 0.3 is 0 Å². The number of anilines is 1. The summed E-state index contributed by atoms with van der Waals surface area (Å²) in [5.41, 5.74) is 7.76. The molecule has 2 aromatic rings. The van der Waals surface area contributed by atoms with Gasteiger partial charge in [0.05, 0.1) is 0 Å². The minimum absolute atomic E-state index is 0.783. The van der Waals surface area contributed by atoms with Crippen LogP contribution >= 0.6 is 27.7 Å². The van der Waals surface area contributed by atoms with E-state index in [0.717, 1.165) is 20.1 Å². The van der Waals surface area contributed by atoms with E-state index in [1.807, 2.05) is 30.3 Å². The molecule has 4 heteroatoms. The molecule has 0 amide bonds. The third-order valence-corrected chi connectivity index (χ3v) is 3.71. The number of aryl methyl sites for hydroxylation is 1. The molecule has 0 atom stereocenters. The van der Waals surface area contributed by atoms with E-state index in [0.29, 0.717) is 0 Å². The monoisotopic (exact) mass is 294 g/mol. The number of aromatic nitrogens is 1. The predicted octanol–water partition coefficient (Wildman–Crippen LogP) is 3.89. The fraction of sp³-hybridized carbons (Fsp3) is 0.0833. The van der Waals surface area contributed by atoms with Crippen molar-refractivity contribution in [1.29, 1.82) is 0 Å². The molecule has 0 unspecified atom stereocenters. The van der Waals surface area contributed by atoms with E-state index in [2.05, 4.69) is 27.8 Å². The maximum absolute atomic E-state index is 5.76. The molecule has 82 valence electrons. The fourth-order valence-electron chi connectivity index (χ4n) is 1.26. The molecular formula is C12H11BrN2S. The molecule has 0 aliphatic rings. The van der Waals surface area contributed by atoms with Gasteiger partial charge in [-0.15, -0.1) is 0 Å². The molecule has 1 heterocycles. The first-order chi connectivity index (χ1) is 7.65. The number of hydrogen-bond donors (Lipinski definition) is 1. The van der Waals surface area contributed by atoms with Gasteiger partial charge in [0.25, 0.3) is 0 Å². The smallest absolute Gasteiger partial charge is 0.101 e. The Labute approximate surface area is 107 Å². The SMILES string of the molecule is Cc1ccc(N)cc1Sc1ccc(Br)cn1. The highest BCUT2D eigenvalue weighted by molar-refractivity contribution is 9.10. The van der Waals surface area contributed by atoms with Crippen LogP contribution in [0.2, 0.25) is 0 Å². The van der Waals surface area contributed by atoms with E-state index in [1.54, 1.807) is 18.0 Å². The lowest BCUT2D eigenvalue weighted by atomic mass is 10.2. The number of halogens is 1. The van der Waals surface area contributed by atoms with E-state index < -0.39 is 0 Å². The number of benzene rings is 1. The third kappa shape index (κ3) is 2.77. The van der Waals surface area contributed by atoms with Crippen molar-refractivity contribution < 1.29 is 0 Å². The molecule has 0 aliphatic heterocycles. The van der Waals surface area contributed by atoms with Crippen LogP contribution in [0.15, 0.2) is 50.9 Å². The van der Waals surface area contributed by atoms with Crippen LogP contribution in [0.4, 0.5) is 5.69 Å². The van der Waals surface area contributed by atoms with Crippen molar-refractivity contribution in [2.75, 3.05) is 5.73 Å². The van der Waals surface area contributed by atoms with Crippen molar-refractivity contribution in [3.63, 3.8) is 0 Å². The van der Waals surface area contributed by atoms with Crippen LogP contribution in [0.25, 0.3) is 0 Å². The molecular weight excluding hydrogens is 284 g/mol. The third-order valence-electron chi connectivity index (χ3n) is 2.13. The Morgan fingerprint density at radius 2 is 2.06 bits per heavy atom. The summed E-state index contributed by atoms with van der Waals surface area (Å²) in [4.78, 5) is 5.47.